The Morgan fingerprint density at radius 2 is 1.78 bits per heavy atom. The first-order valence-electron chi connectivity index (χ1n) is 11.7. The summed E-state index contributed by atoms with van der Waals surface area (Å²) in [5, 5.41) is 0.720. The van der Waals surface area contributed by atoms with Crippen LogP contribution in [0.2, 0.25) is 5.02 Å². The number of carbonyl (C=O) groups is 3. The fourth-order valence-corrected chi connectivity index (χ4v) is 5.53. The van der Waals surface area contributed by atoms with Crippen molar-refractivity contribution >= 4 is 57.3 Å². The normalized spacial score (nSPS) is 14.8. The summed E-state index contributed by atoms with van der Waals surface area (Å²) in [4.78, 5) is 39.6. The molecule has 0 N–H and O–H groups in total. The molecule has 0 unspecified atom stereocenters. The lowest BCUT2D eigenvalue weighted by Gasteiger charge is -2.11. The summed E-state index contributed by atoms with van der Waals surface area (Å²) in [6.45, 7) is 1.93. The molecule has 1 aromatic heterocycles. The molecule has 0 aliphatic carbocycles. The van der Waals surface area contributed by atoms with Crippen LogP contribution in [-0.4, -0.2) is 32.9 Å². The summed E-state index contributed by atoms with van der Waals surface area (Å²) in [7, 11) is 0. The van der Waals surface area contributed by atoms with Crippen molar-refractivity contribution in [2.45, 2.75) is 19.9 Å². The number of hydrogen-bond donors (Lipinski definition) is 0. The standard InChI is InChI=1S/C29H22ClFN2O3S/c1-2-18-10-6-11-21-20(15-32(27(18)21)16-22-23(30)12-7-13-24(22)31)14-26-28(35)33(29(36)37-26)17-25(34)19-8-4-3-5-9-19/h3-15H,2,16-17H2,1H3/b26-14-. The van der Waals surface area contributed by atoms with Gasteiger partial charge in [-0.2, -0.15) is 0 Å². The molecule has 2 amide bonds. The van der Waals surface area contributed by atoms with Gasteiger partial charge in [0.05, 0.1) is 23.5 Å². The van der Waals surface area contributed by atoms with Crippen LogP contribution in [0.15, 0.2) is 77.8 Å². The third-order valence-electron chi connectivity index (χ3n) is 6.34. The van der Waals surface area contributed by atoms with Crippen molar-refractivity contribution in [1.82, 2.24) is 9.47 Å². The Morgan fingerprint density at radius 1 is 1.03 bits per heavy atom. The van der Waals surface area contributed by atoms with Crippen molar-refractivity contribution in [3.05, 3.63) is 111 Å². The summed E-state index contributed by atoms with van der Waals surface area (Å²) in [6.07, 6.45) is 4.26. The zero-order valence-electron chi connectivity index (χ0n) is 19.9. The molecule has 1 saturated heterocycles. The topological polar surface area (TPSA) is 59.4 Å². The van der Waals surface area contributed by atoms with E-state index < -0.39 is 17.0 Å². The smallest absolute Gasteiger partial charge is 0.293 e. The molecule has 8 heteroatoms. The van der Waals surface area contributed by atoms with Crippen LogP contribution in [0, 0.1) is 5.82 Å². The van der Waals surface area contributed by atoms with Gasteiger partial charge in [0.25, 0.3) is 11.1 Å². The first-order valence-corrected chi connectivity index (χ1v) is 12.9. The van der Waals surface area contributed by atoms with Crippen molar-refractivity contribution in [2.24, 2.45) is 0 Å². The minimum absolute atomic E-state index is 0.208. The van der Waals surface area contributed by atoms with E-state index in [9.17, 15) is 18.8 Å². The molecule has 0 saturated carbocycles. The second-order valence-electron chi connectivity index (χ2n) is 8.64. The van der Waals surface area contributed by atoms with Gasteiger partial charge < -0.3 is 4.57 Å². The minimum Gasteiger partial charge on any atom is -0.342 e. The van der Waals surface area contributed by atoms with E-state index in [4.69, 9.17) is 11.6 Å². The van der Waals surface area contributed by atoms with Crippen LogP contribution in [0.4, 0.5) is 9.18 Å². The highest BCUT2D eigenvalue weighted by Crippen LogP contribution is 2.35. The lowest BCUT2D eigenvalue weighted by molar-refractivity contribution is -0.122. The number of aryl methyl sites for hydroxylation is 1. The minimum atomic E-state index is -0.510. The summed E-state index contributed by atoms with van der Waals surface area (Å²) < 4.78 is 16.5. The molecule has 5 nitrogen and oxygen atoms in total. The van der Waals surface area contributed by atoms with E-state index in [0.717, 1.165) is 45.1 Å². The highest BCUT2D eigenvalue weighted by molar-refractivity contribution is 8.18. The zero-order chi connectivity index (χ0) is 26.1. The molecule has 0 radical (unpaired) electrons. The molecule has 186 valence electrons. The van der Waals surface area contributed by atoms with Gasteiger partial charge in [0.15, 0.2) is 5.78 Å². The maximum absolute atomic E-state index is 14.6. The fourth-order valence-electron chi connectivity index (χ4n) is 4.48. The van der Waals surface area contributed by atoms with Gasteiger partial charge in [-0.1, -0.05) is 73.1 Å². The van der Waals surface area contributed by atoms with Crippen LogP contribution in [0.25, 0.3) is 17.0 Å². The summed E-state index contributed by atoms with van der Waals surface area (Å²) in [5.41, 5.74) is 3.50. The number of hydrogen-bond acceptors (Lipinski definition) is 4. The Labute approximate surface area is 222 Å². The molecule has 5 rings (SSSR count). The van der Waals surface area contributed by atoms with E-state index >= 15 is 0 Å². The van der Waals surface area contributed by atoms with E-state index in [-0.39, 0.29) is 23.8 Å². The Morgan fingerprint density at radius 3 is 2.51 bits per heavy atom. The number of fused-ring (bicyclic) bond motifs is 1. The Balaban J connectivity index is 1.51. The second kappa shape index (κ2) is 10.4. The van der Waals surface area contributed by atoms with Crippen molar-refractivity contribution in [2.75, 3.05) is 6.54 Å². The Kier molecular flexibility index (Phi) is 7.00. The first-order chi connectivity index (χ1) is 17.9. The van der Waals surface area contributed by atoms with Gasteiger partial charge >= 0.3 is 0 Å². The van der Waals surface area contributed by atoms with Crippen LogP contribution in [0.3, 0.4) is 0 Å². The van der Waals surface area contributed by atoms with Crippen molar-refractivity contribution in [1.29, 1.82) is 0 Å². The maximum atomic E-state index is 14.6. The van der Waals surface area contributed by atoms with E-state index in [2.05, 4.69) is 0 Å². The van der Waals surface area contributed by atoms with E-state index in [1.54, 1.807) is 48.5 Å². The van der Waals surface area contributed by atoms with Crippen molar-refractivity contribution < 1.29 is 18.8 Å². The first kappa shape index (κ1) is 25.0. The second-order valence-corrected chi connectivity index (χ2v) is 10.0. The molecule has 2 heterocycles. The number of rotatable bonds is 7. The quantitative estimate of drug-likeness (QED) is 0.191. The number of thioether (sulfide) groups is 1. The highest BCUT2D eigenvalue weighted by atomic mass is 35.5. The number of halogens is 2. The van der Waals surface area contributed by atoms with Gasteiger partial charge in [0.1, 0.15) is 5.82 Å². The fraction of sp³-hybridized carbons (Fsp3) is 0.138. The van der Waals surface area contributed by atoms with Crippen LogP contribution in [0.5, 0.6) is 0 Å². The van der Waals surface area contributed by atoms with Gasteiger partial charge in [-0.15, -0.1) is 0 Å². The summed E-state index contributed by atoms with van der Waals surface area (Å²) in [5.74, 6) is -1.21. The molecule has 0 bridgehead atoms. The van der Waals surface area contributed by atoms with Gasteiger partial charge in [0, 0.05) is 33.3 Å². The molecule has 1 fully saturated rings. The number of carbonyl (C=O) groups excluding carboxylic acids is 3. The summed E-state index contributed by atoms with van der Waals surface area (Å²) in [6, 6.07) is 19.0. The highest BCUT2D eigenvalue weighted by Gasteiger charge is 2.36. The molecule has 4 aromatic rings. The molecule has 0 atom stereocenters. The maximum Gasteiger partial charge on any atom is 0.293 e. The van der Waals surface area contributed by atoms with Crippen LogP contribution in [0.1, 0.15) is 34.0 Å². The predicted molar refractivity (Wildman–Crippen MR) is 145 cm³/mol. The van der Waals surface area contributed by atoms with Gasteiger partial charge in [-0.05, 0) is 42.0 Å². The monoisotopic (exact) mass is 532 g/mol. The number of aromatic nitrogens is 1. The number of amides is 2. The number of benzene rings is 3. The van der Waals surface area contributed by atoms with Crippen molar-refractivity contribution in [3.8, 4) is 0 Å². The number of nitrogens with zero attached hydrogens (tertiary/aromatic N) is 2. The molecule has 1 aliphatic rings. The third kappa shape index (κ3) is 4.84. The molecule has 1 aliphatic heterocycles. The van der Waals surface area contributed by atoms with Gasteiger partial charge in [-0.25, -0.2) is 4.39 Å². The van der Waals surface area contributed by atoms with Gasteiger partial charge in [0.2, 0.25) is 0 Å². The van der Waals surface area contributed by atoms with Crippen LogP contribution in [-0.2, 0) is 17.8 Å². The van der Waals surface area contributed by atoms with E-state index in [1.165, 1.54) is 6.07 Å². The van der Waals surface area contributed by atoms with E-state index in [1.807, 2.05) is 35.9 Å². The summed E-state index contributed by atoms with van der Waals surface area (Å²) >= 11 is 7.11. The number of para-hydroxylation sites is 1. The SMILES string of the molecule is CCc1cccc2c(/C=C3\SC(=O)N(CC(=O)c4ccccc4)C3=O)cn(Cc3c(F)cccc3Cl)c12. The molecule has 0 spiro atoms. The largest absolute Gasteiger partial charge is 0.342 e. The van der Waals surface area contributed by atoms with Gasteiger partial charge in [-0.3, -0.25) is 19.3 Å². The number of Topliss-reactive ketones (excluding diaryl/α,β-unsaturated/α-hetero) is 1. The lowest BCUT2D eigenvalue weighted by Crippen LogP contribution is -2.33. The van der Waals surface area contributed by atoms with Crippen LogP contribution >= 0.6 is 23.4 Å². The van der Waals surface area contributed by atoms with E-state index in [0.29, 0.717) is 16.1 Å². The number of imide groups is 1. The van der Waals surface area contributed by atoms with Crippen molar-refractivity contribution in [3.63, 3.8) is 0 Å². The molecular formula is C29H22ClFN2O3S. The van der Waals surface area contributed by atoms with Crippen LogP contribution < -0.4 is 0 Å². The zero-order valence-corrected chi connectivity index (χ0v) is 21.5. The molecule has 3 aromatic carbocycles. The predicted octanol–water partition coefficient (Wildman–Crippen LogP) is 6.96. The number of ketones is 1. The average molecular weight is 533 g/mol. The molecule has 37 heavy (non-hydrogen) atoms. The Bertz CT molecular complexity index is 1560. The lowest BCUT2D eigenvalue weighted by atomic mass is 10.1. The Hall–Kier alpha value is -3.68. The average Bonchev–Trinajstić information content (AvgIpc) is 3.38. The third-order valence-corrected chi connectivity index (χ3v) is 7.60. The molecular weight excluding hydrogens is 511 g/mol.